The molecule has 2 aromatic carbocycles. The third-order valence-electron chi connectivity index (χ3n) is 6.29. The summed E-state index contributed by atoms with van der Waals surface area (Å²) in [5.74, 6) is -2.30. The molecular formula is C27H34N4O7. The summed E-state index contributed by atoms with van der Waals surface area (Å²) in [5, 5.41) is 24.0. The first kappa shape index (κ1) is 28.5. The van der Waals surface area contributed by atoms with Gasteiger partial charge >= 0.3 is 6.09 Å². The highest BCUT2D eigenvalue weighted by atomic mass is 16.5. The predicted molar refractivity (Wildman–Crippen MR) is 138 cm³/mol. The lowest BCUT2D eigenvalue weighted by Crippen LogP contribution is -2.53. The number of rotatable bonds is 11. The molecule has 0 aliphatic carbocycles. The van der Waals surface area contributed by atoms with Gasteiger partial charge in [0.15, 0.2) is 11.5 Å². The topological polar surface area (TPSA) is 171 Å². The molecule has 0 spiro atoms. The number of phenols is 2. The van der Waals surface area contributed by atoms with E-state index in [4.69, 9.17) is 10.5 Å². The molecule has 3 rings (SSSR count). The van der Waals surface area contributed by atoms with Crippen LogP contribution in [0.3, 0.4) is 0 Å². The van der Waals surface area contributed by atoms with E-state index in [1.807, 2.05) is 18.2 Å². The average molecular weight is 527 g/mol. The zero-order chi connectivity index (χ0) is 27.5. The zero-order valence-electron chi connectivity index (χ0n) is 21.1. The van der Waals surface area contributed by atoms with Gasteiger partial charge < -0.3 is 30.9 Å². The monoisotopic (exact) mass is 526 g/mol. The second-order valence-corrected chi connectivity index (χ2v) is 9.14. The Bertz CT molecular complexity index is 1130. The molecule has 0 aromatic heterocycles. The molecule has 11 heteroatoms. The molecule has 2 atom stereocenters. The van der Waals surface area contributed by atoms with Crippen LogP contribution in [0.4, 0.5) is 4.79 Å². The predicted octanol–water partition coefficient (Wildman–Crippen LogP) is 1.70. The highest BCUT2D eigenvalue weighted by Crippen LogP contribution is 2.26. The number of hydrogen-bond acceptors (Lipinski definition) is 8. The molecule has 1 fully saturated rings. The summed E-state index contributed by atoms with van der Waals surface area (Å²) in [6, 6.07) is 11.3. The van der Waals surface area contributed by atoms with Crippen LogP contribution in [0.1, 0.15) is 43.2 Å². The fourth-order valence-electron chi connectivity index (χ4n) is 4.25. The maximum absolute atomic E-state index is 13.0. The lowest BCUT2D eigenvalue weighted by molar-refractivity contribution is -0.141. The van der Waals surface area contributed by atoms with Gasteiger partial charge in [-0.25, -0.2) is 4.79 Å². The number of hydrogen-bond donors (Lipinski definition) is 5. The van der Waals surface area contributed by atoms with Crippen molar-refractivity contribution in [1.29, 1.82) is 0 Å². The van der Waals surface area contributed by atoms with Gasteiger partial charge in [-0.15, -0.1) is 0 Å². The molecule has 0 unspecified atom stereocenters. The number of phenolic OH excluding ortho intramolecular Hbond substituents is 2. The molecule has 38 heavy (non-hydrogen) atoms. The van der Waals surface area contributed by atoms with E-state index >= 15 is 0 Å². The maximum atomic E-state index is 13.0. The Balaban J connectivity index is 1.58. The minimum Gasteiger partial charge on any atom is -0.504 e. The number of likely N-dealkylation sites (tertiary alicyclic amines) is 1. The van der Waals surface area contributed by atoms with Gasteiger partial charge in [0.25, 0.3) is 0 Å². The van der Waals surface area contributed by atoms with Crippen molar-refractivity contribution in [2.45, 2.75) is 57.2 Å². The van der Waals surface area contributed by atoms with Gasteiger partial charge in [-0.3, -0.25) is 19.7 Å². The minimum atomic E-state index is -1.01. The van der Waals surface area contributed by atoms with Gasteiger partial charge in [0.05, 0.1) is 6.42 Å². The lowest BCUT2D eigenvalue weighted by Gasteiger charge is -2.25. The van der Waals surface area contributed by atoms with Crippen molar-refractivity contribution in [2.24, 2.45) is 5.73 Å². The molecule has 0 saturated carbocycles. The third kappa shape index (κ3) is 8.20. The standard InChI is InChI=1S/C27H34N4O7/c28-13-5-4-9-20(29-27(37)38-17-18-7-2-1-3-8-18)25(35)30-26(36)21-10-6-14-31(21)24(34)16-19-11-12-22(32)23(33)15-19/h1-3,7-8,11-12,15,20-21,32-33H,4-6,9-10,13-14,16-17,28H2,(H,29,37)(H,30,35,36)/t20-,21-/m0/s1. The van der Waals surface area contributed by atoms with Crippen LogP contribution in [0.25, 0.3) is 0 Å². The average Bonchev–Trinajstić information content (AvgIpc) is 3.40. The molecule has 0 bridgehead atoms. The number of carbonyl (C=O) groups excluding carboxylic acids is 4. The maximum Gasteiger partial charge on any atom is 0.408 e. The lowest BCUT2D eigenvalue weighted by atomic mass is 10.1. The van der Waals surface area contributed by atoms with E-state index in [2.05, 4.69) is 10.6 Å². The van der Waals surface area contributed by atoms with Crippen molar-refractivity contribution in [3.05, 3.63) is 59.7 Å². The fraction of sp³-hybridized carbons (Fsp3) is 0.407. The minimum absolute atomic E-state index is 0.0285. The summed E-state index contributed by atoms with van der Waals surface area (Å²) in [4.78, 5) is 52.6. The van der Waals surface area contributed by atoms with E-state index in [0.717, 1.165) is 5.56 Å². The van der Waals surface area contributed by atoms with Gasteiger partial charge in [-0.05, 0) is 61.9 Å². The van der Waals surface area contributed by atoms with Gasteiger partial charge in [0.1, 0.15) is 18.7 Å². The molecule has 1 aliphatic rings. The van der Waals surface area contributed by atoms with Crippen LogP contribution in [0.2, 0.25) is 0 Å². The number of amides is 4. The number of aromatic hydroxyl groups is 2. The Labute approximate surface area is 221 Å². The van der Waals surface area contributed by atoms with Crippen molar-refractivity contribution in [3.63, 3.8) is 0 Å². The summed E-state index contributed by atoms with van der Waals surface area (Å²) in [5.41, 5.74) is 6.82. The first-order valence-electron chi connectivity index (χ1n) is 12.6. The Kier molecular flexibility index (Phi) is 10.5. The van der Waals surface area contributed by atoms with Crippen LogP contribution < -0.4 is 16.4 Å². The Morgan fingerprint density at radius 1 is 1.03 bits per heavy atom. The summed E-state index contributed by atoms with van der Waals surface area (Å²) >= 11 is 0. The molecule has 204 valence electrons. The van der Waals surface area contributed by atoms with Crippen LogP contribution >= 0.6 is 0 Å². The van der Waals surface area contributed by atoms with Crippen molar-refractivity contribution >= 4 is 23.8 Å². The first-order valence-corrected chi connectivity index (χ1v) is 12.6. The van der Waals surface area contributed by atoms with Gasteiger partial charge in [-0.2, -0.15) is 0 Å². The number of ether oxygens (including phenoxy) is 1. The number of benzene rings is 2. The molecule has 1 aliphatic heterocycles. The van der Waals surface area contributed by atoms with E-state index in [9.17, 15) is 29.4 Å². The van der Waals surface area contributed by atoms with Crippen LogP contribution in [-0.2, 0) is 32.1 Å². The van der Waals surface area contributed by atoms with Crippen molar-refractivity contribution in [3.8, 4) is 11.5 Å². The SMILES string of the molecule is NCCCC[C@H](NC(=O)OCc1ccccc1)C(=O)NC(=O)[C@@H]1CCCN1C(=O)Cc1ccc(O)c(O)c1. The Morgan fingerprint density at radius 2 is 1.79 bits per heavy atom. The molecular weight excluding hydrogens is 492 g/mol. The van der Waals surface area contributed by atoms with E-state index in [1.165, 1.54) is 23.1 Å². The van der Waals surface area contributed by atoms with E-state index in [1.54, 1.807) is 12.1 Å². The van der Waals surface area contributed by atoms with Gasteiger partial charge in [-0.1, -0.05) is 36.4 Å². The quantitative estimate of drug-likeness (QED) is 0.217. The molecule has 1 heterocycles. The van der Waals surface area contributed by atoms with Crippen molar-refractivity contribution in [1.82, 2.24) is 15.5 Å². The number of nitrogens with zero attached hydrogens (tertiary/aromatic N) is 1. The summed E-state index contributed by atoms with van der Waals surface area (Å²) in [6.07, 6.45) is 1.55. The molecule has 2 aromatic rings. The van der Waals surface area contributed by atoms with Crippen LogP contribution in [0.15, 0.2) is 48.5 Å². The molecule has 1 saturated heterocycles. The van der Waals surface area contributed by atoms with E-state index in [0.29, 0.717) is 44.3 Å². The largest absolute Gasteiger partial charge is 0.504 e. The van der Waals surface area contributed by atoms with E-state index < -0.39 is 30.0 Å². The van der Waals surface area contributed by atoms with Gasteiger partial charge in [0.2, 0.25) is 17.7 Å². The first-order chi connectivity index (χ1) is 18.3. The fourth-order valence-corrected chi connectivity index (χ4v) is 4.25. The summed E-state index contributed by atoms with van der Waals surface area (Å²) in [6.45, 7) is 0.795. The van der Waals surface area contributed by atoms with Crippen LogP contribution in [0.5, 0.6) is 11.5 Å². The van der Waals surface area contributed by atoms with Crippen LogP contribution in [0, 0.1) is 0 Å². The number of unbranched alkanes of at least 4 members (excludes halogenated alkanes) is 1. The van der Waals surface area contributed by atoms with Gasteiger partial charge in [0, 0.05) is 6.54 Å². The van der Waals surface area contributed by atoms with Crippen LogP contribution in [-0.4, -0.2) is 64.1 Å². The number of alkyl carbamates (subject to hydrolysis) is 1. The van der Waals surface area contributed by atoms with Crippen molar-refractivity contribution in [2.75, 3.05) is 13.1 Å². The smallest absolute Gasteiger partial charge is 0.408 e. The second kappa shape index (κ2) is 14.0. The Morgan fingerprint density at radius 3 is 2.50 bits per heavy atom. The number of imide groups is 1. The second-order valence-electron chi connectivity index (χ2n) is 9.14. The molecule has 0 radical (unpaired) electrons. The molecule has 4 amide bonds. The zero-order valence-corrected chi connectivity index (χ0v) is 21.1. The summed E-state index contributed by atoms with van der Waals surface area (Å²) < 4.78 is 5.21. The molecule has 6 N–H and O–H groups in total. The van der Waals surface area contributed by atoms with E-state index in [-0.39, 0.29) is 36.9 Å². The summed E-state index contributed by atoms with van der Waals surface area (Å²) in [7, 11) is 0. The molecule has 11 nitrogen and oxygen atoms in total. The number of nitrogens with one attached hydrogen (secondary N) is 2. The normalized spacial score (nSPS) is 15.5. The number of carbonyl (C=O) groups is 4. The highest BCUT2D eigenvalue weighted by Gasteiger charge is 2.35. The third-order valence-corrected chi connectivity index (χ3v) is 6.29. The highest BCUT2D eigenvalue weighted by molar-refractivity contribution is 6.02. The Hall–Kier alpha value is -4.12. The number of nitrogens with two attached hydrogens (primary N) is 1. The van der Waals surface area contributed by atoms with Crippen molar-refractivity contribution < 1.29 is 34.1 Å².